The lowest BCUT2D eigenvalue weighted by molar-refractivity contribution is 0.414. The summed E-state index contributed by atoms with van der Waals surface area (Å²) in [5.41, 5.74) is 0.959. The van der Waals surface area contributed by atoms with Crippen molar-refractivity contribution < 1.29 is 4.74 Å². The summed E-state index contributed by atoms with van der Waals surface area (Å²) in [6.45, 7) is 0. The molecule has 2 rings (SSSR count). The molecule has 5 heteroatoms. The number of hydrogen-bond acceptors (Lipinski definition) is 3. The maximum absolute atomic E-state index is 5.12. The molecule has 0 fully saturated rings. The Morgan fingerprint density at radius 1 is 1.43 bits per heavy atom. The van der Waals surface area contributed by atoms with Crippen molar-refractivity contribution in [3.05, 3.63) is 35.3 Å². The highest BCUT2D eigenvalue weighted by atomic mass is 79.9. The minimum atomic E-state index is 0.672. The Labute approximate surface area is 89.7 Å². The molecule has 4 nitrogen and oxygen atoms in total. The molecule has 0 saturated carbocycles. The van der Waals surface area contributed by atoms with Crippen LogP contribution in [0.5, 0.6) is 5.75 Å². The van der Waals surface area contributed by atoms with Gasteiger partial charge >= 0.3 is 0 Å². The first-order valence-corrected chi connectivity index (χ1v) is 4.80. The summed E-state index contributed by atoms with van der Waals surface area (Å²) in [5, 5.41) is 7.62. The molecule has 0 aliphatic rings. The summed E-state index contributed by atoms with van der Waals surface area (Å²) >= 11 is 3.30. The number of nitrogens with zero attached hydrogens (tertiary/aromatic N) is 3. The highest BCUT2D eigenvalue weighted by Gasteiger charge is 2.03. The number of benzene rings is 1. The van der Waals surface area contributed by atoms with Gasteiger partial charge < -0.3 is 4.74 Å². The van der Waals surface area contributed by atoms with Crippen LogP contribution < -0.4 is 4.74 Å². The van der Waals surface area contributed by atoms with Crippen LogP contribution >= 0.6 is 15.9 Å². The number of aromatic nitrogens is 3. The van der Waals surface area contributed by atoms with Crippen LogP contribution in [0.25, 0.3) is 5.69 Å². The zero-order valence-electron chi connectivity index (χ0n) is 7.51. The van der Waals surface area contributed by atoms with E-state index >= 15 is 0 Å². The molecule has 0 amide bonds. The van der Waals surface area contributed by atoms with E-state index in [1.54, 1.807) is 13.4 Å². The van der Waals surface area contributed by atoms with Gasteiger partial charge in [-0.05, 0) is 28.1 Å². The maximum atomic E-state index is 5.12. The van der Waals surface area contributed by atoms with Crippen molar-refractivity contribution in [3.8, 4) is 11.4 Å². The molecule has 0 unspecified atom stereocenters. The first kappa shape index (κ1) is 9.21. The largest absolute Gasteiger partial charge is 0.497 e. The van der Waals surface area contributed by atoms with E-state index in [1.165, 1.54) is 0 Å². The molecule has 0 atom stereocenters. The molecule has 1 heterocycles. The molecular formula is C9H8BrN3O. The van der Waals surface area contributed by atoms with E-state index in [1.807, 2.05) is 28.8 Å². The normalized spacial score (nSPS) is 10.1. The lowest BCUT2D eigenvalue weighted by Crippen LogP contribution is -1.93. The highest BCUT2D eigenvalue weighted by Crippen LogP contribution is 2.18. The van der Waals surface area contributed by atoms with Gasteiger partial charge in [-0.1, -0.05) is 6.07 Å². The van der Waals surface area contributed by atoms with Crippen LogP contribution in [0.1, 0.15) is 0 Å². The quantitative estimate of drug-likeness (QED) is 0.823. The Morgan fingerprint density at radius 3 is 2.93 bits per heavy atom. The van der Waals surface area contributed by atoms with Crippen LogP contribution in [0.15, 0.2) is 35.3 Å². The van der Waals surface area contributed by atoms with E-state index in [0.717, 1.165) is 11.4 Å². The van der Waals surface area contributed by atoms with Crippen LogP contribution in [-0.2, 0) is 0 Å². The van der Waals surface area contributed by atoms with Crippen LogP contribution in [0.3, 0.4) is 0 Å². The van der Waals surface area contributed by atoms with E-state index in [9.17, 15) is 0 Å². The van der Waals surface area contributed by atoms with Crippen molar-refractivity contribution in [2.75, 3.05) is 7.11 Å². The summed E-state index contributed by atoms with van der Waals surface area (Å²) in [6.07, 6.45) is 1.64. The zero-order valence-corrected chi connectivity index (χ0v) is 9.10. The smallest absolute Gasteiger partial charge is 0.204 e. The number of hydrogen-bond donors (Lipinski definition) is 0. The zero-order chi connectivity index (χ0) is 9.97. The van der Waals surface area contributed by atoms with Crippen LogP contribution in [-0.4, -0.2) is 21.9 Å². The molecule has 0 aliphatic heterocycles. The van der Waals surface area contributed by atoms with Gasteiger partial charge in [-0.2, -0.15) is 0 Å². The molecule has 0 bridgehead atoms. The molecule has 72 valence electrons. The lowest BCUT2D eigenvalue weighted by Gasteiger charge is -2.04. The van der Waals surface area contributed by atoms with Gasteiger partial charge in [0.05, 0.1) is 12.8 Å². The van der Waals surface area contributed by atoms with Crippen LogP contribution in [0.2, 0.25) is 0 Å². The van der Waals surface area contributed by atoms with Crippen LogP contribution in [0.4, 0.5) is 0 Å². The number of ether oxygens (including phenoxy) is 1. The predicted octanol–water partition coefficient (Wildman–Crippen LogP) is 2.04. The fourth-order valence-corrected chi connectivity index (χ4v) is 1.54. The van der Waals surface area contributed by atoms with Crippen molar-refractivity contribution in [1.82, 2.24) is 14.8 Å². The molecule has 1 aromatic heterocycles. The summed E-state index contributed by atoms with van der Waals surface area (Å²) in [7, 11) is 1.64. The fourth-order valence-electron chi connectivity index (χ4n) is 1.15. The average Bonchev–Trinajstić information content (AvgIpc) is 2.65. The summed E-state index contributed by atoms with van der Waals surface area (Å²) in [6, 6.07) is 7.67. The molecular weight excluding hydrogens is 246 g/mol. The Balaban J connectivity index is 2.47. The van der Waals surface area contributed by atoms with E-state index < -0.39 is 0 Å². The minimum Gasteiger partial charge on any atom is -0.497 e. The van der Waals surface area contributed by atoms with Gasteiger partial charge in [-0.3, -0.25) is 4.57 Å². The van der Waals surface area contributed by atoms with Gasteiger partial charge in [0.15, 0.2) is 0 Å². The number of halogens is 1. The maximum Gasteiger partial charge on any atom is 0.204 e. The second kappa shape index (κ2) is 3.79. The summed E-state index contributed by atoms with van der Waals surface area (Å²) < 4.78 is 7.62. The van der Waals surface area contributed by atoms with Gasteiger partial charge in [0.2, 0.25) is 4.73 Å². The van der Waals surface area contributed by atoms with E-state index in [-0.39, 0.29) is 0 Å². The summed E-state index contributed by atoms with van der Waals surface area (Å²) in [5.74, 6) is 0.808. The second-order valence-corrected chi connectivity index (χ2v) is 3.38. The highest BCUT2D eigenvalue weighted by molar-refractivity contribution is 9.10. The topological polar surface area (TPSA) is 39.9 Å². The first-order chi connectivity index (χ1) is 6.81. The van der Waals surface area contributed by atoms with E-state index in [0.29, 0.717) is 4.73 Å². The fraction of sp³-hybridized carbons (Fsp3) is 0.111. The summed E-state index contributed by atoms with van der Waals surface area (Å²) in [4.78, 5) is 0. The van der Waals surface area contributed by atoms with Gasteiger partial charge in [-0.15, -0.1) is 10.2 Å². The Kier molecular flexibility index (Phi) is 2.49. The second-order valence-electron chi connectivity index (χ2n) is 2.67. The Bertz CT molecular complexity index is 441. The molecule has 0 radical (unpaired) electrons. The van der Waals surface area contributed by atoms with Crippen molar-refractivity contribution in [2.24, 2.45) is 0 Å². The van der Waals surface area contributed by atoms with Crippen molar-refractivity contribution in [2.45, 2.75) is 0 Å². The molecule has 0 saturated heterocycles. The third-order valence-corrected chi connectivity index (χ3v) is 2.38. The standard InChI is InChI=1S/C9H8BrN3O/c1-14-8-4-2-3-7(5-8)13-6-11-12-9(13)10/h2-6H,1H3. The third kappa shape index (κ3) is 1.63. The first-order valence-electron chi connectivity index (χ1n) is 4.01. The van der Waals surface area contributed by atoms with Gasteiger partial charge in [-0.25, -0.2) is 0 Å². The van der Waals surface area contributed by atoms with Gasteiger partial charge in [0.25, 0.3) is 0 Å². The number of rotatable bonds is 2. The average molecular weight is 254 g/mol. The lowest BCUT2D eigenvalue weighted by atomic mass is 10.3. The van der Waals surface area contributed by atoms with Crippen molar-refractivity contribution in [1.29, 1.82) is 0 Å². The minimum absolute atomic E-state index is 0.672. The van der Waals surface area contributed by atoms with Gasteiger partial charge in [0, 0.05) is 6.07 Å². The monoisotopic (exact) mass is 253 g/mol. The SMILES string of the molecule is COc1cccc(-n2cnnc2Br)c1. The van der Waals surface area contributed by atoms with Crippen molar-refractivity contribution >= 4 is 15.9 Å². The molecule has 14 heavy (non-hydrogen) atoms. The van der Waals surface area contributed by atoms with Crippen LogP contribution in [0, 0.1) is 0 Å². The van der Waals surface area contributed by atoms with Gasteiger partial charge in [0.1, 0.15) is 12.1 Å². The predicted molar refractivity (Wildman–Crippen MR) is 55.6 cm³/mol. The van der Waals surface area contributed by atoms with Crippen molar-refractivity contribution in [3.63, 3.8) is 0 Å². The number of methoxy groups -OCH3 is 1. The Hall–Kier alpha value is -1.36. The molecule has 0 spiro atoms. The molecule has 1 aromatic carbocycles. The third-order valence-electron chi connectivity index (χ3n) is 1.84. The van der Waals surface area contributed by atoms with E-state index in [2.05, 4.69) is 26.1 Å². The van der Waals surface area contributed by atoms with E-state index in [4.69, 9.17) is 4.74 Å². The molecule has 0 N–H and O–H groups in total. The Morgan fingerprint density at radius 2 is 2.29 bits per heavy atom. The molecule has 2 aromatic rings. The molecule has 0 aliphatic carbocycles.